The number of hydrogen-bond acceptors (Lipinski definition) is 18. The van der Waals surface area contributed by atoms with Gasteiger partial charge >= 0.3 is 11.9 Å². The Bertz CT molecular complexity index is 2250. The first-order valence-electron chi connectivity index (χ1n) is 21.6. The van der Waals surface area contributed by atoms with Gasteiger partial charge in [0.2, 0.25) is 59.1 Å². The second-order valence-electron chi connectivity index (χ2n) is 16.1. The number of rotatable bonds is 31. The maximum Gasteiger partial charge on any atom is 0.322 e. The van der Waals surface area contributed by atoms with Gasteiger partial charge in [0.05, 0.1) is 45.0 Å². The van der Waals surface area contributed by atoms with E-state index in [4.69, 9.17) is 21.7 Å². The summed E-state index contributed by atoms with van der Waals surface area (Å²) in [4.78, 5) is 159. The Labute approximate surface area is 414 Å². The van der Waals surface area contributed by atoms with Crippen LogP contribution in [0.25, 0.3) is 0 Å². The fourth-order valence-electron chi connectivity index (χ4n) is 6.12. The number of aliphatic hydroxyl groups excluding tert-OH is 2. The van der Waals surface area contributed by atoms with Crippen molar-refractivity contribution in [2.45, 2.75) is 87.9 Å². The molecule has 2 rings (SSSR count). The minimum atomic E-state index is -1.84. The van der Waals surface area contributed by atoms with Gasteiger partial charge in [-0.1, -0.05) is 26.0 Å². The van der Waals surface area contributed by atoms with E-state index in [0.717, 1.165) is 0 Å². The number of thiol groups is 1. The summed E-state index contributed by atoms with van der Waals surface area (Å²) in [5, 5.41) is 67.4. The smallest absolute Gasteiger partial charge is 0.322 e. The number of carboxylic acids is 2. The lowest BCUT2D eigenvalue weighted by Gasteiger charge is -2.28. The van der Waals surface area contributed by atoms with Gasteiger partial charge in [0.25, 0.3) is 0 Å². The second-order valence-corrected chi connectivity index (χ2v) is 16.4. The molecule has 10 amide bonds. The lowest BCUT2D eigenvalue weighted by atomic mass is 10.0. The molecule has 0 aliphatic rings. The number of phenols is 1. The summed E-state index contributed by atoms with van der Waals surface area (Å²) in [6, 6.07) is -7.81. The van der Waals surface area contributed by atoms with E-state index in [1.165, 1.54) is 50.6 Å². The molecule has 72 heavy (non-hydrogen) atoms. The number of phenolic OH excluding ortho intramolecular Hbond substituents is 1. The van der Waals surface area contributed by atoms with Gasteiger partial charge in [-0.05, 0) is 23.6 Å². The Kier molecular flexibility index (Phi) is 25.1. The van der Waals surface area contributed by atoms with Crippen molar-refractivity contribution in [3.05, 3.63) is 48.0 Å². The summed E-state index contributed by atoms with van der Waals surface area (Å²) in [7, 11) is 0. The van der Waals surface area contributed by atoms with Crippen LogP contribution >= 0.6 is 12.6 Å². The number of amides is 10. The number of aromatic hydroxyl groups is 1. The number of imidazole rings is 1. The van der Waals surface area contributed by atoms with Crippen molar-refractivity contribution in [2.24, 2.45) is 17.4 Å². The van der Waals surface area contributed by atoms with Gasteiger partial charge in [-0.3, -0.25) is 57.5 Å². The quantitative estimate of drug-likeness (QED) is 0.0312. The van der Waals surface area contributed by atoms with E-state index in [0.29, 0.717) is 11.3 Å². The van der Waals surface area contributed by atoms with E-state index < -0.39 is 170 Å². The first-order valence-corrected chi connectivity index (χ1v) is 22.2. The first kappa shape index (κ1) is 60.2. The van der Waals surface area contributed by atoms with Crippen LogP contribution in [0.2, 0.25) is 0 Å². The number of hydrogen-bond donors (Lipinski definition) is 18. The maximum absolute atomic E-state index is 14.0. The first-order chi connectivity index (χ1) is 33.9. The van der Waals surface area contributed by atoms with E-state index >= 15 is 0 Å². The number of aromatic nitrogens is 2. The molecule has 1 heterocycles. The molecule has 19 N–H and O–H groups in total. The summed E-state index contributed by atoms with van der Waals surface area (Å²) in [6.07, 6.45) is 0.335. The van der Waals surface area contributed by atoms with Crippen molar-refractivity contribution >= 4 is 83.6 Å². The number of benzene rings is 1. The highest BCUT2D eigenvalue weighted by atomic mass is 32.1. The highest BCUT2D eigenvalue weighted by molar-refractivity contribution is 7.80. The lowest BCUT2D eigenvalue weighted by Crippen LogP contribution is -2.62. The average molecular weight is 1040 g/mol. The number of carbonyl (C=O) groups is 12. The molecule has 396 valence electrons. The van der Waals surface area contributed by atoms with Gasteiger partial charge in [0.15, 0.2) is 0 Å². The number of carbonyl (C=O) groups excluding carboxylic acids is 10. The predicted molar refractivity (Wildman–Crippen MR) is 248 cm³/mol. The van der Waals surface area contributed by atoms with Gasteiger partial charge in [0, 0.05) is 30.5 Å². The van der Waals surface area contributed by atoms with Crippen LogP contribution in [0.15, 0.2) is 36.8 Å². The molecule has 30 nitrogen and oxygen atoms in total. The van der Waals surface area contributed by atoms with Crippen LogP contribution in [0.3, 0.4) is 0 Å². The molecule has 0 spiro atoms. The number of H-pyrrole nitrogens is 1. The van der Waals surface area contributed by atoms with Crippen LogP contribution in [0.5, 0.6) is 5.75 Å². The van der Waals surface area contributed by atoms with E-state index in [1.807, 2.05) is 5.32 Å². The number of carboxylic acid groups (broad SMARTS) is 2. The Morgan fingerprint density at radius 1 is 0.611 bits per heavy atom. The van der Waals surface area contributed by atoms with Gasteiger partial charge in [-0.25, -0.2) is 4.98 Å². The molecule has 0 saturated heterocycles. The Balaban J connectivity index is 2.28. The third-order valence-electron chi connectivity index (χ3n) is 9.94. The third-order valence-corrected chi connectivity index (χ3v) is 10.3. The van der Waals surface area contributed by atoms with Gasteiger partial charge < -0.3 is 89.8 Å². The largest absolute Gasteiger partial charge is 0.508 e. The molecule has 0 fully saturated rings. The molecule has 0 aliphatic heterocycles. The molecule has 2 aromatic rings. The van der Waals surface area contributed by atoms with Crippen LogP contribution in [0.4, 0.5) is 0 Å². The summed E-state index contributed by atoms with van der Waals surface area (Å²) >= 11 is 4.12. The molecule has 8 atom stereocenters. The fourth-order valence-corrected chi connectivity index (χ4v) is 6.38. The molecule has 1 aromatic carbocycles. The van der Waals surface area contributed by atoms with Crippen LogP contribution in [-0.4, -0.2) is 187 Å². The van der Waals surface area contributed by atoms with E-state index in [1.54, 1.807) is 0 Å². The highest BCUT2D eigenvalue weighted by Crippen LogP contribution is 2.13. The minimum Gasteiger partial charge on any atom is -0.508 e. The van der Waals surface area contributed by atoms with E-state index in [-0.39, 0.29) is 18.6 Å². The Hall–Kier alpha value is -7.90. The van der Waals surface area contributed by atoms with Crippen molar-refractivity contribution in [2.75, 3.05) is 32.1 Å². The standard InChI is InChI=1S/C41H59N13O17S/c1-18(2)33(41(71)52-27(15-56)39(69)51-26(14-55)35(65)46-12-30(59)45-13-32(62)63)54-40(70)28(16-72)53-38(68)25(10-29(43)58)50-36(66)23(7-19-3-5-21(57)6-4-19)49-37(67)24(8-20-11-44-17-47-20)48-34(64)22(42)9-31(60)61/h3-6,11,17-18,22-28,33,55-57,72H,7-10,12-16,42H2,1-2H3,(H2,43,58)(H,44,47)(H,45,59)(H,46,65)(H,48,64)(H,49,67)(H,50,66)(H,51,69)(H,52,71)(H,53,68)(H,54,70)(H,60,61)(H,62,63)/t22-,23-,24-,25-,26-,27-,28-,33-/m0/s1. The second kappa shape index (κ2) is 30.0. The predicted octanol–water partition coefficient (Wildman–Crippen LogP) is -8.14. The van der Waals surface area contributed by atoms with Crippen LogP contribution in [-0.2, 0) is 70.4 Å². The molecule has 1 aromatic heterocycles. The van der Waals surface area contributed by atoms with E-state index in [2.05, 4.69) is 65.1 Å². The summed E-state index contributed by atoms with van der Waals surface area (Å²) in [5.74, 6) is -14.9. The number of aromatic amines is 1. The number of nitrogens with two attached hydrogens (primary N) is 2. The summed E-state index contributed by atoms with van der Waals surface area (Å²) < 4.78 is 0. The molecule has 0 aliphatic carbocycles. The molecule has 0 unspecified atom stereocenters. The van der Waals surface area contributed by atoms with E-state index in [9.17, 15) is 72.9 Å². The summed E-state index contributed by atoms with van der Waals surface area (Å²) in [5.41, 5.74) is 11.8. The zero-order valence-corrected chi connectivity index (χ0v) is 39.6. The van der Waals surface area contributed by atoms with Gasteiger partial charge in [-0.2, -0.15) is 12.6 Å². The van der Waals surface area contributed by atoms with Gasteiger partial charge in [0.1, 0.15) is 54.6 Å². The van der Waals surface area contributed by atoms with Gasteiger partial charge in [-0.15, -0.1) is 0 Å². The summed E-state index contributed by atoms with van der Waals surface area (Å²) in [6.45, 7) is -0.632. The minimum absolute atomic E-state index is 0.151. The van der Waals surface area contributed by atoms with Crippen molar-refractivity contribution < 1.29 is 83.1 Å². The maximum atomic E-state index is 14.0. The fraction of sp³-hybridized carbons (Fsp3) is 0.488. The SMILES string of the molecule is CC(C)[C@H](NC(=O)[C@H](CS)NC(=O)[C@H](CC(N)=O)NC(=O)[C@H](Cc1ccc(O)cc1)NC(=O)[C@H](Cc1cnc[nH]1)NC(=O)[C@@H](N)CC(=O)O)C(=O)N[C@@H](CO)C(=O)N[C@@H](CO)C(=O)NCC(=O)NCC(=O)O. The molecule has 31 heteroatoms. The normalized spacial score (nSPS) is 14.2. The third kappa shape index (κ3) is 21.0. The monoisotopic (exact) mass is 1040 g/mol. The lowest BCUT2D eigenvalue weighted by molar-refractivity contribution is -0.140. The van der Waals surface area contributed by atoms with Crippen molar-refractivity contribution in [1.82, 2.24) is 57.8 Å². The van der Waals surface area contributed by atoms with Crippen LogP contribution in [0, 0.1) is 5.92 Å². The number of aliphatic carboxylic acids is 2. The highest BCUT2D eigenvalue weighted by Gasteiger charge is 2.36. The van der Waals surface area contributed by atoms with Crippen molar-refractivity contribution in [1.29, 1.82) is 0 Å². The molecule has 0 saturated carbocycles. The number of nitrogens with zero attached hydrogens (tertiary/aromatic N) is 1. The van der Waals surface area contributed by atoms with Crippen molar-refractivity contribution in [3.8, 4) is 5.75 Å². The Morgan fingerprint density at radius 2 is 1.11 bits per heavy atom. The van der Waals surface area contributed by atoms with Crippen molar-refractivity contribution in [3.63, 3.8) is 0 Å². The number of primary amides is 1. The average Bonchev–Trinajstić information content (AvgIpc) is 3.84. The molecule has 0 radical (unpaired) electrons. The Morgan fingerprint density at radius 3 is 1.64 bits per heavy atom. The molecule has 0 bridgehead atoms. The number of nitrogens with one attached hydrogen (secondary N) is 10. The van der Waals surface area contributed by atoms with Crippen LogP contribution in [0.1, 0.15) is 37.9 Å². The molecular weight excluding hydrogens is 979 g/mol. The molecular formula is C41H59N13O17S. The zero-order chi connectivity index (χ0) is 54.2. The topological polar surface area (TPSA) is 495 Å². The number of aliphatic hydroxyl groups is 2. The van der Waals surface area contributed by atoms with Crippen LogP contribution < -0.4 is 59.3 Å². The zero-order valence-electron chi connectivity index (χ0n) is 38.7.